The van der Waals surface area contributed by atoms with E-state index in [1.807, 2.05) is 13.0 Å². The topological polar surface area (TPSA) is 62.7 Å². The molecule has 104 valence electrons. The molecule has 3 rings (SSSR count). The minimum Gasteiger partial charge on any atom is -0.354 e. The normalized spacial score (nSPS) is 20.5. The van der Waals surface area contributed by atoms with Gasteiger partial charge in [0, 0.05) is 18.5 Å². The van der Waals surface area contributed by atoms with Crippen molar-refractivity contribution in [3.05, 3.63) is 41.2 Å². The molecule has 0 spiro atoms. The van der Waals surface area contributed by atoms with E-state index in [1.165, 1.54) is 5.56 Å². The zero-order valence-corrected chi connectivity index (χ0v) is 11.9. The number of hydrogen-bond donors (Lipinski definition) is 2. The maximum atomic E-state index is 5.90. The first-order valence-electron chi connectivity index (χ1n) is 6.73. The molecule has 1 aromatic carbocycles. The third-order valence-corrected chi connectivity index (χ3v) is 3.44. The van der Waals surface area contributed by atoms with Crippen LogP contribution in [0.4, 0.5) is 11.9 Å². The van der Waals surface area contributed by atoms with Crippen LogP contribution in [-0.4, -0.2) is 27.5 Å². The van der Waals surface area contributed by atoms with Gasteiger partial charge in [-0.2, -0.15) is 15.0 Å². The van der Waals surface area contributed by atoms with E-state index in [0.29, 0.717) is 23.9 Å². The van der Waals surface area contributed by atoms with E-state index in [2.05, 4.69) is 49.9 Å². The molecule has 1 heterocycles. The summed E-state index contributed by atoms with van der Waals surface area (Å²) in [5, 5.41) is 6.56. The Hall–Kier alpha value is -1.88. The first kappa shape index (κ1) is 13.1. The van der Waals surface area contributed by atoms with Crippen LogP contribution in [0.5, 0.6) is 0 Å². The summed E-state index contributed by atoms with van der Waals surface area (Å²) in [7, 11) is 0. The van der Waals surface area contributed by atoms with Crippen molar-refractivity contribution in [1.29, 1.82) is 0 Å². The van der Waals surface area contributed by atoms with Crippen molar-refractivity contribution < 1.29 is 0 Å². The van der Waals surface area contributed by atoms with Crippen molar-refractivity contribution in [2.45, 2.75) is 25.3 Å². The van der Waals surface area contributed by atoms with Gasteiger partial charge in [-0.05, 0) is 30.5 Å². The van der Waals surface area contributed by atoms with Gasteiger partial charge in [0.05, 0.1) is 0 Å². The van der Waals surface area contributed by atoms with Gasteiger partial charge in [0.1, 0.15) is 0 Å². The van der Waals surface area contributed by atoms with Crippen LogP contribution in [0.3, 0.4) is 0 Å². The van der Waals surface area contributed by atoms with Crippen LogP contribution in [0, 0.1) is 0 Å². The summed E-state index contributed by atoms with van der Waals surface area (Å²) in [6.45, 7) is 2.73. The molecule has 5 nitrogen and oxygen atoms in total. The predicted octanol–water partition coefficient (Wildman–Crippen LogP) is 2.92. The SMILES string of the molecule is CCNc1nc(Cl)nc(NC2CC2c2ccccc2)n1. The highest BCUT2D eigenvalue weighted by molar-refractivity contribution is 6.28. The Morgan fingerprint density at radius 3 is 2.65 bits per heavy atom. The molecule has 0 saturated heterocycles. The van der Waals surface area contributed by atoms with Gasteiger partial charge in [0.2, 0.25) is 17.2 Å². The largest absolute Gasteiger partial charge is 0.354 e. The van der Waals surface area contributed by atoms with Crippen molar-refractivity contribution in [1.82, 2.24) is 15.0 Å². The minimum absolute atomic E-state index is 0.204. The second-order valence-corrected chi connectivity index (χ2v) is 5.12. The molecular formula is C14H16ClN5. The summed E-state index contributed by atoms with van der Waals surface area (Å²) in [6, 6.07) is 10.8. The van der Waals surface area contributed by atoms with Crippen molar-refractivity contribution in [3.63, 3.8) is 0 Å². The van der Waals surface area contributed by atoms with Crippen LogP contribution >= 0.6 is 11.6 Å². The van der Waals surface area contributed by atoms with Crippen LogP contribution in [0.1, 0.15) is 24.8 Å². The molecule has 0 radical (unpaired) electrons. The maximum Gasteiger partial charge on any atom is 0.229 e. The first-order chi connectivity index (χ1) is 9.76. The van der Waals surface area contributed by atoms with E-state index in [9.17, 15) is 0 Å². The van der Waals surface area contributed by atoms with E-state index in [1.54, 1.807) is 0 Å². The molecule has 1 saturated carbocycles. The monoisotopic (exact) mass is 289 g/mol. The summed E-state index contributed by atoms with van der Waals surface area (Å²) in [4.78, 5) is 12.4. The van der Waals surface area contributed by atoms with Gasteiger partial charge in [-0.3, -0.25) is 0 Å². The van der Waals surface area contributed by atoms with Gasteiger partial charge in [0.15, 0.2) is 0 Å². The highest BCUT2D eigenvalue weighted by atomic mass is 35.5. The number of nitrogens with one attached hydrogen (secondary N) is 2. The zero-order chi connectivity index (χ0) is 13.9. The lowest BCUT2D eigenvalue weighted by atomic mass is 10.1. The molecule has 1 aliphatic carbocycles. The lowest BCUT2D eigenvalue weighted by molar-refractivity contribution is 0.966. The molecule has 2 atom stereocenters. The second kappa shape index (κ2) is 5.63. The lowest BCUT2D eigenvalue weighted by Crippen LogP contribution is -2.11. The second-order valence-electron chi connectivity index (χ2n) is 4.79. The molecule has 2 aromatic rings. The molecule has 2 N–H and O–H groups in total. The Kier molecular flexibility index (Phi) is 3.69. The van der Waals surface area contributed by atoms with E-state index < -0.39 is 0 Å². The molecule has 6 heteroatoms. The van der Waals surface area contributed by atoms with Crippen molar-refractivity contribution in [2.75, 3.05) is 17.2 Å². The van der Waals surface area contributed by atoms with E-state index in [4.69, 9.17) is 11.6 Å². The van der Waals surface area contributed by atoms with Gasteiger partial charge in [0.25, 0.3) is 0 Å². The number of benzene rings is 1. The number of aromatic nitrogens is 3. The highest BCUT2D eigenvalue weighted by Gasteiger charge is 2.38. The standard InChI is InChI=1S/C14H16ClN5/c1-2-16-13-18-12(15)19-14(20-13)17-11-8-10(11)9-6-4-3-5-7-9/h3-7,10-11H,2,8H2,1H3,(H2,16,17,18,19,20). The molecule has 20 heavy (non-hydrogen) atoms. The van der Waals surface area contributed by atoms with Crippen LogP contribution < -0.4 is 10.6 Å². The number of nitrogens with zero attached hydrogens (tertiary/aromatic N) is 3. The van der Waals surface area contributed by atoms with Gasteiger partial charge in [-0.1, -0.05) is 30.3 Å². The van der Waals surface area contributed by atoms with Gasteiger partial charge < -0.3 is 10.6 Å². The number of halogens is 1. The Labute approximate surface area is 122 Å². The molecule has 0 bridgehead atoms. The summed E-state index contributed by atoms with van der Waals surface area (Å²) < 4.78 is 0. The molecular weight excluding hydrogens is 274 g/mol. The Bertz CT molecular complexity index is 589. The maximum absolute atomic E-state index is 5.90. The fourth-order valence-electron chi connectivity index (χ4n) is 2.24. The van der Waals surface area contributed by atoms with Gasteiger partial charge >= 0.3 is 0 Å². The first-order valence-corrected chi connectivity index (χ1v) is 7.11. The average molecular weight is 290 g/mol. The molecule has 0 amide bonds. The lowest BCUT2D eigenvalue weighted by Gasteiger charge is -2.07. The van der Waals surface area contributed by atoms with Crippen LogP contribution in [-0.2, 0) is 0 Å². The summed E-state index contributed by atoms with van der Waals surface area (Å²) in [5.74, 6) is 1.56. The zero-order valence-electron chi connectivity index (χ0n) is 11.2. The van der Waals surface area contributed by atoms with E-state index in [0.717, 1.165) is 13.0 Å². The highest BCUT2D eigenvalue weighted by Crippen LogP contribution is 2.42. The van der Waals surface area contributed by atoms with Crippen LogP contribution in [0.15, 0.2) is 30.3 Å². The third kappa shape index (κ3) is 2.99. The molecule has 1 aliphatic rings. The van der Waals surface area contributed by atoms with Crippen molar-refractivity contribution in [2.24, 2.45) is 0 Å². The average Bonchev–Trinajstić information content (AvgIpc) is 3.19. The summed E-state index contributed by atoms with van der Waals surface area (Å²) >= 11 is 5.90. The summed E-state index contributed by atoms with van der Waals surface area (Å²) in [6.07, 6.45) is 1.09. The molecule has 0 aliphatic heterocycles. The van der Waals surface area contributed by atoms with Crippen molar-refractivity contribution in [3.8, 4) is 0 Å². The quantitative estimate of drug-likeness (QED) is 0.886. The van der Waals surface area contributed by atoms with Crippen LogP contribution in [0.25, 0.3) is 0 Å². The third-order valence-electron chi connectivity index (χ3n) is 3.28. The Balaban J connectivity index is 1.68. The molecule has 1 fully saturated rings. The smallest absolute Gasteiger partial charge is 0.229 e. The van der Waals surface area contributed by atoms with E-state index >= 15 is 0 Å². The minimum atomic E-state index is 0.204. The van der Waals surface area contributed by atoms with Gasteiger partial charge in [-0.15, -0.1) is 0 Å². The Morgan fingerprint density at radius 2 is 1.90 bits per heavy atom. The molecule has 2 unspecified atom stereocenters. The fourth-order valence-corrected chi connectivity index (χ4v) is 2.40. The number of rotatable bonds is 5. The predicted molar refractivity (Wildman–Crippen MR) is 80.2 cm³/mol. The fraction of sp³-hybridized carbons (Fsp3) is 0.357. The number of hydrogen-bond acceptors (Lipinski definition) is 5. The summed E-state index contributed by atoms with van der Waals surface area (Å²) in [5.41, 5.74) is 1.34. The Morgan fingerprint density at radius 1 is 1.15 bits per heavy atom. The van der Waals surface area contributed by atoms with Gasteiger partial charge in [-0.25, -0.2) is 0 Å². The van der Waals surface area contributed by atoms with E-state index in [-0.39, 0.29) is 5.28 Å². The molecule has 1 aromatic heterocycles. The van der Waals surface area contributed by atoms with Crippen molar-refractivity contribution >= 4 is 23.5 Å². The van der Waals surface area contributed by atoms with Crippen LogP contribution in [0.2, 0.25) is 5.28 Å². The number of anilines is 2.